The maximum absolute atomic E-state index is 11.8. The number of aliphatic hydroxyl groups excluding tert-OH is 1. The van der Waals surface area contributed by atoms with Crippen molar-refractivity contribution in [3.63, 3.8) is 0 Å². The SMILES string of the molecule is CCOC(=O)Nc1cc2c(cc1/C(O)=C(\C(C)=O)C(=O)O)CCCC2. The van der Waals surface area contributed by atoms with E-state index in [1.54, 1.807) is 19.1 Å². The van der Waals surface area contributed by atoms with Crippen molar-refractivity contribution in [1.82, 2.24) is 0 Å². The number of amides is 1. The second kappa shape index (κ2) is 7.83. The molecule has 0 bridgehead atoms. The molecule has 0 saturated heterocycles. The maximum Gasteiger partial charge on any atom is 0.411 e. The summed E-state index contributed by atoms with van der Waals surface area (Å²) in [5.74, 6) is -2.96. The number of Topliss-reactive ketones (excluding diaryl/α,β-unsaturated/α-hetero) is 1. The van der Waals surface area contributed by atoms with Gasteiger partial charge in [0.2, 0.25) is 0 Å². The second-order valence-corrected chi connectivity index (χ2v) is 5.80. The number of anilines is 1. The van der Waals surface area contributed by atoms with E-state index in [1.165, 1.54) is 0 Å². The van der Waals surface area contributed by atoms with Crippen LogP contribution in [0, 0.1) is 0 Å². The molecule has 0 heterocycles. The first-order chi connectivity index (χ1) is 11.8. The molecule has 0 spiro atoms. The zero-order valence-electron chi connectivity index (χ0n) is 14.2. The molecule has 2 rings (SSSR count). The lowest BCUT2D eigenvalue weighted by atomic mass is 9.88. The van der Waals surface area contributed by atoms with Crippen LogP contribution in [0.2, 0.25) is 0 Å². The zero-order chi connectivity index (χ0) is 18.6. The van der Waals surface area contributed by atoms with Gasteiger partial charge < -0.3 is 14.9 Å². The molecule has 7 nitrogen and oxygen atoms in total. The molecule has 0 fully saturated rings. The number of aliphatic hydroxyl groups is 1. The van der Waals surface area contributed by atoms with E-state index < -0.39 is 29.2 Å². The van der Waals surface area contributed by atoms with E-state index in [4.69, 9.17) is 4.74 Å². The third-order valence-corrected chi connectivity index (χ3v) is 4.05. The first-order valence-corrected chi connectivity index (χ1v) is 8.12. The lowest BCUT2D eigenvalue weighted by Crippen LogP contribution is -2.17. The molecule has 0 radical (unpaired) electrons. The standard InChI is InChI=1S/C18H21NO6/c1-3-25-18(24)19-14-9-12-7-5-4-6-11(12)8-13(14)16(21)15(10(2)20)17(22)23/h8-9,21H,3-7H2,1-2H3,(H,19,24)(H,22,23)/b16-15-. The Morgan fingerprint density at radius 3 is 2.24 bits per heavy atom. The molecule has 1 aromatic carbocycles. The Hall–Kier alpha value is -2.83. The topological polar surface area (TPSA) is 113 Å². The van der Waals surface area contributed by atoms with Crippen LogP contribution in [0.4, 0.5) is 10.5 Å². The maximum atomic E-state index is 11.8. The molecule has 0 unspecified atom stereocenters. The molecule has 0 atom stereocenters. The smallest absolute Gasteiger partial charge is 0.411 e. The van der Waals surface area contributed by atoms with Crippen LogP contribution in [-0.2, 0) is 27.2 Å². The Kier molecular flexibility index (Phi) is 5.80. The van der Waals surface area contributed by atoms with Gasteiger partial charge in [0.15, 0.2) is 5.78 Å². The van der Waals surface area contributed by atoms with E-state index >= 15 is 0 Å². The number of rotatable bonds is 5. The average Bonchev–Trinajstić information content (AvgIpc) is 2.53. The number of ketones is 1. The highest BCUT2D eigenvalue weighted by atomic mass is 16.5. The highest BCUT2D eigenvalue weighted by Gasteiger charge is 2.24. The first-order valence-electron chi connectivity index (χ1n) is 8.12. The number of carbonyl (C=O) groups excluding carboxylic acids is 2. The number of benzene rings is 1. The normalized spacial score (nSPS) is 14.2. The van der Waals surface area contributed by atoms with Crippen LogP contribution in [0.15, 0.2) is 17.7 Å². The number of hydrogen-bond acceptors (Lipinski definition) is 5. The summed E-state index contributed by atoms with van der Waals surface area (Å²) in [7, 11) is 0. The molecule has 7 heteroatoms. The van der Waals surface area contributed by atoms with Gasteiger partial charge in [-0.2, -0.15) is 0 Å². The van der Waals surface area contributed by atoms with E-state index in [1.807, 2.05) is 0 Å². The van der Waals surface area contributed by atoms with Crippen LogP contribution in [-0.4, -0.2) is 34.7 Å². The Bertz CT molecular complexity index is 734. The Balaban J connectivity index is 2.60. The van der Waals surface area contributed by atoms with Crippen LogP contribution >= 0.6 is 0 Å². The summed E-state index contributed by atoms with van der Waals surface area (Å²) in [6, 6.07) is 3.34. The van der Waals surface area contributed by atoms with Gasteiger partial charge in [0.05, 0.1) is 12.3 Å². The molecule has 134 valence electrons. The van der Waals surface area contributed by atoms with Gasteiger partial charge >= 0.3 is 12.1 Å². The van der Waals surface area contributed by atoms with Crippen LogP contribution < -0.4 is 5.32 Å². The molecule has 1 aliphatic rings. The molecule has 1 aromatic rings. The minimum atomic E-state index is -1.52. The van der Waals surface area contributed by atoms with Crippen LogP contribution in [0.25, 0.3) is 5.76 Å². The molecule has 0 aliphatic heterocycles. The number of nitrogens with one attached hydrogen (secondary N) is 1. The molecule has 0 aromatic heterocycles. The minimum Gasteiger partial charge on any atom is -0.506 e. The third kappa shape index (κ3) is 4.17. The van der Waals surface area contributed by atoms with Crippen molar-refractivity contribution in [2.45, 2.75) is 39.5 Å². The number of carboxylic acids is 1. The fourth-order valence-electron chi connectivity index (χ4n) is 2.92. The van der Waals surface area contributed by atoms with Gasteiger partial charge in [-0.3, -0.25) is 10.1 Å². The summed E-state index contributed by atoms with van der Waals surface area (Å²) < 4.78 is 4.85. The summed E-state index contributed by atoms with van der Waals surface area (Å²) >= 11 is 0. The summed E-state index contributed by atoms with van der Waals surface area (Å²) in [6.45, 7) is 2.89. The van der Waals surface area contributed by atoms with Gasteiger partial charge in [-0.25, -0.2) is 9.59 Å². The highest BCUT2D eigenvalue weighted by molar-refractivity contribution is 6.20. The molecule has 25 heavy (non-hydrogen) atoms. The highest BCUT2D eigenvalue weighted by Crippen LogP contribution is 2.32. The van der Waals surface area contributed by atoms with Crippen LogP contribution in [0.3, 0.4) is 0 Å². The molecule has 0 saturated carbocycles. The monoisotopic (exact) mass is 347 g/mol. The largest absolute Gasteiger partial charge is 0.506 e. The number of carbonyl (C=O) groups is 3. The molecule has 3 N–H and O–H groups in total. The molecular weight excluding hydrogens is 326 g/mol. The Labute approximate surface area is 145 Å². The predicted octanol–water partition coefficient (Wildman–Crippen LogP) is 3.08. The van der Waals surface area contributed by atoms with Crippen molar-refractivity contribution in [2.75, 3.05) is 11.9 Å². The summed E-state index contributed by atoms with van der Waals surface area (Å²) in [5, 5.41) is 22.2. The van der Waals surface area contributed by atoms with E-state index in [0.29, 0.717) is 0 Å². The summed E-state index contributed by atoms with van der Waals surface area (Å²) in [5.41, 5.74) is 1.59. The molecule has 1 aliphatic carbocycles. The number of hydrogen-bond donors (Lipinski definition) is 3. The number of aryl methyl sites for hydroxylation is 2. The van der Waals surface area contributed by atoms with Crippen molar-refractivity contribution < 1.29 is 29.3 Å². The van der Waals surface area contributed by atoms with Crippen molar-refractivity contribution in [1.29, 1.82) is 0 Å². The summed E-state index contributed by atoms with van der Waals surface area (Å²) in [4.78, 5) is 34.7. The van der Waals surface area contributed by atoms with Gasteiger partial charge in [-0.05, 0) is 62.8 Å². The number of ether oxygens (including phenoxy) is 1. The fourth-order valence-corrected chi connectivity index (χ4v) is 2.92. The van der Waals surface area contributed by atoms with E-state index in [9.17, 15) is 24.6 Å². The van der Waals surface area contributed by atoms with Crippen molar-refractivity contribution in [2.24, 2.45) is 0 Å². The molecular formula is C18H21NO6. The number of fused-ring (bicyclic) bond motifs is 1. The van der Waals surface area contributed by atoms with Gasteiger partial charge in [-0.15, -0.1) is 0 Å². The van der Waals surface area contributed by atoms with Crippen LogP contribution in [0.5, 0.6) is 0 Å². The van der Waals surface area contributed by atoms with E-state index in [2.05, 4.69) is 5.32 Å². The van der Waals surface area contributed by atoms with Gasteiger partial charge in [0.25, 0.3) is 0 Å². The fraction of sp³-hybridized carbons (Fsp3) is 0.389. The lowest BCUT2D eigenvalue weighted by molar-refractivity contribution is -0.134. The zero-order valence-corrected chi connectivity index (χ0v) is 14.2. The van der Waals surface area contributed by atoms with Gasteiger partial charge in [-0.1, -0.05) is 0 Å². The average molecular weight is 347 g/mol. The summed E-state index contributed by atoms with van der Waals surface area (Å²) in [6.07, 6.45) is 2.90. The van der Waals surface area contributed by atoms with E-state index in [0.717, 1.165) is 43.7 Å². The first kappa shape index (κ1) is 18.5. The van der Waals surface area contributed by atoms with Crippen LogP contribution in [0.1, 0.15) is 43.4 Å². The quantitative estimate of drug-likeness (QED) is 0.326. The molecule has 1 amide bonds. The minimum absolute atomic E-state index is 0.0984. The second-order valence-electron chi connectivity index (χ2n) is 5.80. The Morgan fingerprint density at radius 2 is 1.72 bits per heavy atom. The van der Waals surface area contributed by atoms with Crippen molar-refractivity contribution in [3.8, 4) is 0 Å². The lowest BCUT2D eigenvalue weighted by Gasteiger charge is -2.20. The predicted molar refractivity (Wildman–Crippen MR) is 91.6 cm³/mol. The van der Waals surface area contributed by atoms with Crippen molar-refractivity contribution in [3.05, 3.63) is 34.4 Å². The van der Waals surface area contributed by atoms with E-state index in [-0.39, 0.29) is 17.9 Å². The third-order valence-electron chi connectivity index (χ3n) is 4.05. The number of carboxylic acid groups (broad SMARTS) is 1. The van der Waals surface area contributed by atoms with Crippen molar-refractivity contribution >= 4 is 29.3 Å². The Morgan fingerprint density at radius 1 is 1.12 bits per heavy atom. The number of aliphatic carboxylic acids is 1. The van der Waals surface area contributed by atoms with Gasteiger partial charge in [0.1, 0.15) is 11.3 Å². The van der Waals surface area contributed by atoms with Gasteiger partial charge in [0, 0.05) is 5.56 Å².